The summed E-state index contributed by atoms with van der Waals surface area (Å²) >= 11 is 0. The van der Waals surface area contributed by atoms with Crippen molar-refractivity contribution in [1.29, 1.82) is 0 Å². The molecule has 0 atom stereocenters. The fraction of sp³-hybridized carbons (Fsp3) is 0.235. The molecule has 10 nitrogen and oxygen atoms in total. The Balaban J connectivity index is 1.50. The molecule has 1 fully saturated rings. The minimum atomic E-state index is -0.985. The number of hydrogen-bond acceptors (Lipinski definition) is 7. The smallest absolute Gasteiger partial charge is 0.433 e. The quantitative estimate of drug-likeness (QED) is 0.466. The van der Waals surface area contributed by atoms with Crippen molar-refractivity contribution in [3.63, 3.8) is 0 Å². The number of rotatable bonds is 6. The van der Waals surface area contributed by atoms with Gasteiger partial charge in [0.15, 0.2) is 6.61 Å². The second kappa shape index (κ2) is 7.68. The van der Waals surface area contributed by atoms with Gasteiger partial charge in [0, 0.05) is 24.3 Å². The first-order valence-corrected chi connectivity index (χ1v) is 8.05. The zero-order valence-electron chi connectivity index (χ0n) is 14.0. The zero-order chi connectivity index (χ0) is 19.4. The normalized spacial score (nSPS) is 13.5. The highest BCUT2D eigenvalue weighted by Crippen LogP contribution is 2.23. The van der Waals surface area contributed by atoms with Gasteiger partial charge in [-0.2, -0.15) is 0 Å². The van der Waals surface area contributed by atoms with Crippen LogP contribution in [0.5, 0.6) is 0 Å². The average Bonchev–Trinajstić information content (AvgIpc) is 3.30. The number of ether oxygens (including phenoxy) is 1. The summed E-state index contributed by atoms with van der Waals surface area (Å²) in [6.07, 6.45) is 1.35. The first-order chi connectivity index (χ1) is 12.9. The molecule has 0 radical (unpaired) electrons. The highest BCUT2D eigenvalue weighted by molar-refractivity contribution is 5.97. The molecule has 0 unspecified atom stereocenters. The molecule has 1 N–H and O–H groups in total. The van der Waals surface area contributed by atoms with E-state index in [4.69, 9.17) is 9.15 Å². The summed E-state index contributed by atoms with van der Waals surface area (Å²) in [6, 6.07) is 8.81. The van der Waals surface area contributed by atoms with E-state index in [9.17, 15) is 24.5 Å². The van der Waals surface area contributed by atoms with E-state index < -0.39 is 29.3 Å². The predicted molar refractivity (Wildman–Crippen MR) is 92.3 cm³/mol. The van der Waals surface area contributed by atoms with Crippen LogP contribution < -0.4 is 10.2 Å². The van der Waals surface area contributed by atoms with Crippen molar-refractivity contribution in [2.75, 3.05) is 23.4 Å². The van der Waals surface area contributed by atoms with Crippen LogP contribution in [-0.2, 0) is 14.3 Å². The van der Waals surface area contributed by atoms with Gasteiger partial charge in [-0.1, -0.05) is 0 Å². The van der Waals surface area contributed by atoms with Crippen molar-refractivity contribution < 1.29 is 28.5 Å². The van der Waals surface area contributed by atoms with Crippen LogP contribution in [0.25, 0.3) is 0 Å². The molecule has 2 amide bonds. The lowest BCUT2D eigenvalue weighted by Crippen LogP contribution is -2.23. The molecule has 1 aliphatic heterocycles. The third-order valence-corrected chi connectivity index (χ3v) is 3.84. The van der Waals surface area contributed by atoms with E-state index in [1.807, 2.05) is 0 Å². The maximum absolute atomic E-state index is 11.9. The number of nitrogens with one attached hydrogen (secondary N) is 1. The number of nitro groups is 1. The van der Waals surface area contributed by atoms with Gasteiger partial charge in [-0.3, -0.25) is 19.7 Å². The largest absolute Gasteiger partial charge is 0.450 e. The summed E-state index contributed by atoms with van der Waals surface area (Å²) in [5.41, 5.74) is 1.22. The average molecular weight is 373 g/mol. The molecule has 0 bridgehead atoms. The minimum absolute atomic E-state index is 0.0665. The summed E-state index contributed by atoms with van der Waals surface area (Å²) in [6.45, 7) is 0.0884. The summed E-state index contributed by atoms with van der Waals surface area (Å²) in [4.78, 5) is 46.7. The number of nitrogens with zero attached hydrogens (tertiary/aromatic N) is 2. The van der Waals surface area contributed by atoms with Gasteiger partial charge < -0.3 is 19.4 Å². The summed E-state index contributed by atoms with van der Waals surface area (Å²) < 4.78 is 9.44. The maximum Gasteiger partial charge on any atom is 0.433 e. The van der Waals surface area contributed by atoms with Crippen LogP contribution >= 0.6 is 0 Å². The first-order valence-electron chi connectivity index (χ1n) is 8.05. The SMILES string of the molecule is O=C(COC(=O)c1ccc([N+](=O)[O-])o1)Nc1ccc(N2CCCC2=O)cc1. The van der Waals surface area contributed by atoms with Gasteiger partial charge in [0.25, 0.3) is 5.91 Å². The van der Waals surface area contributed by atoms with E-state index in [0.29, 0.717) is 18.7 Å². The molecule has 140 valence electrons. The van der Waals surface area contributed by atoms with E-state index in [-0.39, 0.29) is 11.7 Å². The van der Waals surface area contributed by atoms with Crippen LogP contribution in [-0.4, -0.2) is 35.9 Å². The monoisotopic (exact) mass is 373 g/mol. The fourth-order valence-electron chi connectivity index (χ4n) is 2.58. The number of furan rings is 1. The molecule has 10 heteroatoms. The second-order valence-electron chi connectivity index (χ2n) is 5.72. The summed E-state index contributed by atoms with van der Waals surface area (Å²) in [7, 11) is 0. The molecule has 0 aliphatic carbocycles. The number of amides is 2. The standard InChI is InChI=1S/C17H15N3O7/c21-14(10-26-17(23)13-7-8-16(27-13)20(24)25)18-11-3-5-12(6-4-11)19-9-1-2-15(19)22/h3-8H,1-2,9-10H2,(H,18,21). The number of benzene rings is 1. The molecule has 0 saturated carbocycles. The number of esters is 1. The van der Waals surface area contributed by atoms with Gasteiger partial charge in [-0.05, 0) is 36.8 Å². The van der Waals surface area contributed by atoms with Gasteiger partial charge >= 0.3 is 11.9 Å². The van der Waals surface area contributed by atoms with Crippen molar-refractivity contribution in [3.8, 4) is 0 Å². The first kappa shape index (κ1) is 18.1. The Bertz CT molecular complexity index is 888. The predicted octanol–water partition coefficient (Wildman–Crippen LogP) is 2.11. The molecule has 2 heterocycles. The van der Waals surface area contributed by atoms with Crippen molar-refractivity contribution in [1.82, 2.24) is 0 Å². The summed E-state index contributed by atoms with van der Waals surface area (Å²) in [5.74, 6) is -2.47. The molecule has 0 spiro atoms. The van der Waals surface area contributed by atoms with Crippen molar-refractivity contribution in [2.45, 2.75) is 12.8 Å². The highest BCUT2D eigenvalue weighted by Gasteiger charge is 2.22. The topological polar surface area (TPSA) is 132 Å². The highest BCUT2D eigenvalue weighted by atomic mass is 16.7. The van der Waals surface area contributed by atoms with Crippen molar-refractivity contribution in [3.05, 3.63) is 52.3 Å². The molecule has 1 aromatic carbocycles. The number of anilines is 2. The Morgan fingerprint density at radius 2 is 1.96 bits per heavy atom. The maximum atomic E-state index is 11.9. The lowest BCUT2D eigenvalue weighted by molar-refractivity contribution is -0.402. The van der Waals surface area contributed by atoms with Crippen molar-refractivity contribution in [2.24, 2.45) is 0 Å². The molecule has 1 aliphatic rings. The Labute approximate surface area is 152 Å². The van der Waals surface area contributed by atoms with Crippen LogP contribution in [0.1, 0.15) is 23.4 Å². The molecule has 27 heavy (non-hydrogen) atoms. The Hall–Kier alpha value is -3.69. The van der Waals surface area contributed by atoms with Crippen molar-refractivity contribution >= 4 is 35.0 Å². The van der Waals surface area contributed by atoms with Gasteiger partial charge in [-0.25, -0.2) is 4.79 Å². The third kappa shape index (κ3) is 4.29. The molecule has 1 aromatic heterocycles. The van der Waals surface area contributed by atoms with Gasteiger partial charge in [-0.15, -0.1) is 0 Å². The third-order valence-electron chi connectivity index (χ3n) is 3.84. The van der Waals surface area contributed by atoms with Gasteiger partial charge in [0.05, 0.1) is 6.07 Å². The summed E-state index contributed by atoms with van der Waals surface area (Å²) in [5, 5.41) is 13.0. The van der Waals surface area contributed by atoms with E-state index in [1.54, 1.807) is 29.2 Å². The Morgan fingerprint density at radius 1 is 1.22 bits per heavy atom. The lowest BCUT2D eigenvalue weighted by atomic mass is 10.2. The van der Waals surface area contributed by atoms with E-state index in [2.05, 4.69) is 5.32 Å². The molecule has 1 saturated heterocycles. The molecule has 3 rings (SSSR count). The number of carbonyl (C=O) groups excluding carboxylic acids is 3. The van der Waals surface area contributed by atoms with Gasteiger partial charge in [0.2, 0.25) is 11.7 Å². The van der Waals surface area contributed by atoms with Crippen LogP contribution in [0.15, 0.2) is 40.8 Å². The van der Waals surface area contributed by atoms with Crippen LogP contribution in [0.4, 0.5) is 17.3 Å². The zero-order valence-corrected chi connectivity index (χ0v) is 14.0. The second-order valence-corrected chi connectivity index (χ2v) is 5.72. The molecule has 2 aromatic rings. The van der Waals surface area contributed by atoms with E-state index in [1.165, 1.54) is 0 Å². The Morgan fingerprint density at radius 3 is 2.56 bits per heavy atom. The Kier molecular flexibility index (Phi) is 5.15. The molecular weight excluding hydrogens is 358 g/mol. The van der Waals surface area contributed by atoms with Crippen LogP contribution in [0.2, 0.25) is 0 Å². The fourth-order valence-corrected chi connectivity index (χ4v) is 2.58. The number of carbonyl (C=O) groups is 3. The minimum Gasteiger partial charge on any atom is -0.450 e. The number of hydrogen-bond donors (Lipinski definition) is 1. The molecular formula is C17H15N3O7. The van der Waals surface area contributed by atoms with E-state index in [0.717, 1.165) is 24.2 Å². The van der Waals surface area contributed by atoms with E-state index >= 15 is 0 Å². The lowest BCUT2D eigenvalue weighted by Gasteiger charge is -2.16. The van der Waals surface area contributed by atoms with Gasteiger partial charge in [0.1, 0.15) is 4.92 Å². The van der Waals surface area contributed by atoms with Crippen LogP contribution in [0.3, 0.4) is 0 Å². The van der Waals surface area contributed by atoms with Crippen LogP contribution in [0, 0.1) is 10.1 Å².